The van der Waals surface area contributed by atoms with Gasteiger partial charge in [0.15, 0.2) is 11.3 Å². The van der Waals surface area contributed by atoms with Crippen LogP contribution in [0.2, 0.25) is 5.02 Å². The lowest BCUT2D eigenvalue weighted by molar-refractivity contribution is -0.131. The van der Waals surface area contributed by atoms with Crippen LogP contribution in [0.15, 0.2) is 33.9 Å². The molecule has 8 nitrogen and oxygen atoms in total. The van der Waals surface area contributed by atoms with Gasteiger partial charge in [0, 0.05) is 18.1 Å². The fraction of sp³-hybridized carbons (Fsp3) is 0.500. The number of ether oxygens (including phenoxy) is 1. The van der Waals surface area contributed by atoms with Crippen molar-refractivity contribution in [1.29, 1.82) is 0 Å². The van der Waals surface area contributed by atoms with Crippen LogP contribution in [0.1, 0.15) is 47.5 Å². The molecule has 3 N–H and O–H groups in total. The monoisotopic (exact) mass is 450 g/mol. The number of aromatic nitrogens is 2. The van der Waals surface area contributed by atoms with E-state index in [1.807, 2.05) is 20.8 Å². The number of halogens is 1. The number of unbranched alkanes of at least 4 members (excludes halogenated alkanes) is 1. The molecule has 0 radical (unpaired) electrons. The number of nitrogen functional groups attached to an aromatic ring is 1. The van der Waals surface area contributed by atoms with Crippen LogP contribution < -0.4 is 26.6 Å². The van der Waals surface area contributed by atoms with Gasteiger partial charge in [0.1, 0.15) is 11.6 Å². The summed E-state index contributed by atoms with van der Waals surface area (Å²) >= 11 is 5.92. The number of nitrogens with two attached hydrogens (primary N) is 1. The molecule has 170 valence electrons. The van der Waals surface area contributed by atoms with E-state index >= 15 is 0 Å². The Kier molecular flexibility index (Phi) is 7.95. The zero-order valence-corrected chi connectivity index (χ0v) is 19.5. The van der Waals surface area contributed by atoms with Crippen molar-refractivity contribution < 1.29 is 9.53 Å². The van der Waals surface area contributed by atoms with Crippen molar-refractivity contribution in [1.82, 2.24) is 9.55 Å². The fourth-order valence-electron chi connectivity index (χ4n) is 3.18. The average Bonchev–Trinajstić information content (AvgIpc) is 2.68. The highest BCUT2D eigenvalue weighted by atomic mass is 35.5. The molecule has 2 rings (SSSR count). The molecular formula is C22H31ClN4O4. The molecule has 9 heteroatoms. The minimum Gasteiger partial charge on any atom is -0.478 e. The molecular weight excluding hydrogens is 420 g/mol. The molecule has 0 atom stereocenters. The first kappa shape index (κ1) is 24.5. The van der Waals surface area contributed by atoms with E-state index in [0.29, 0.717) is 23.7 Å². The standard InChI is InChI=1S/C22H31ClN4O4/c1-6-7-12-26(17-18(24)27(13-14(2)3)21(30)25-19(17)28)20(29)22(4,5)31-16-10-8-15(23)9-11-16/h8-11,14H,6-7,12-13,24H2,1-5H3,(H,25,28,30). The summed E-state index contributed by atoms with van der Waals surface area (Å²) in [5.74, 6) is 0.102. The summed E-state index contributed by atoms with van der Waals surface area (Å²) in [4.78, 5) is 42.2. The van der Waals surface area contributed by atoms with Gasteiger partial charge in [-0.2, -0.15) is 0 Å². The van der Waals surface area contributed by atoms with Crippen molar-refractivity contribution in [3.05, 3.63) is 50.1 Å². The van der Waals surface area contributed by atoms with Crippen LogP contribution in [0.25, 0.3) is 0 Å². The lowest BCUT2D eigenvalue weighted by Crippen LogP contribution is -2.52. The van der Waals surface area contributed by atoms with E-state index in [0.717, 1.165) is 6.42 Å². The van der Waals surface area contributed by atoms with Gasteiger partial charge < -0.3 is 15.4 Å². The number of hydrogen-bond donors (Lipinski definition) is 2. The Labute approximate surface area is 187 Å². The fourth-order valence-corrected chi connectivity index (χ4v) is 3.31. The van der Waals surface area contributed by atoms with Crippen molar-refractivity contribution in [2.45, 2.75) is 59.6 Å². The van der Waals surface area contributed by atoms with Crippen molar-refractivity contribution in [3.63, 3.8) is 0 Å². The summed E-state index contributed by atoms with van der Waals surface area (Å²) in [5, 5.41) is 0.549. The lowest BCUT2D eigenvalue weighted by atomic mass is 10.1. The molecule has 0 aliphatic carbocycles. The highest BCUT2D eigenvalue weighted by molar-refractivity contribution is 6.30. The number of amides is 1. The Morgan fingerprint density at radius 2 is 1.87 bits per heavy atom. The maximum atomic E-state index is 13.5. The van der Waals surface area contributed by atoms with Crippen molar-refractivity contribution in [3.8, 4) is 5.75 Å². The number of H-pyrrole nitrogens is 1. The largest absolute Gasteiger partial charge is 0.478 e. The Morgan fingerprint density at radius 3 is 2.42 bits per heavy atom. The minimum absolute atomic E-state index is 0.0332. The molecule has 0 bridgehead atoms. The van der Waals surface area contributed by atoms with Crippen LogP contribution in [0.4, 0.5) is 11.5 Å². The topological polar surface area (TPSA) is 110 Å². The van der Waals surface area contributed by atoms with E-state index in [-0.39, 0.29) is 24.0 Å². The number of anilines is 2. The van der Waals surface area contributed by atoms with Crippen LogP contribution in [0, 0.1) is 5.92 Å². The Morgan fingerprint density at radius 1 is 1.26 bits per heavy atom. The summed E-state index contributed by atoms with van der Waals surface area (Å²) in [7, 11) is 0. The molecule has 31 heavy (non-hydrogen) atoms. The van der Waals surface area contributed by atoms with Crippen molar-refractivity contribution in [2.75, 3.05) is 17.2 Å². The molecule has 2 aromatic rings. The third-order valence-corrected chi connectivity index (χ3v) is 4.97. The molecule has 0 saturated carbocycles. The highest BCUT2D eigenvalue weighted by Crippen LogP contribution is 2.26. The average molecular weight is 451 g/mol. The van der Waals surface area contributed by atoms with Gasteiger partial charge in [-0.05, 0) is 50.5 Å². The van der Waals surface area contributed by atoms with Gasteiger partial charge in [0.05, 0.1) is 0 Å². The zero-order chi connectivity index (χ0) is 23.3. The van der Waals surface area contributed by atoms with Gasteiger partial charge in [0.25, 0.3) is 11.5 Å². The number of carbonyl (C=O) groups is 1. The first-order valence-corrected chi connectivity index (χ1v) is 10.7. The van der Waals surface area contributed by atoms with Gasteiger partial charge in [-0.3, -0.25) is 19.1 Å². The Hall–Kier alpha value is -2.74. The first-order chi connectivity index (χ1) is 14.5. The van der Waals surface area contributed by atoms with Crippen molar-refractivity contribution >= 4 is 29.0 Å². The van der Waals surface area contributed by atoms with Gasteiger partial charge in [-0.1, -0.05) is 38.8 Å². The van der Waals surface area contributed by atoms with E-state index in [1.165, 1.54) is 9.47 Å². The third-order valence-electron chi connectivity index (χ3n) is 4.71. The molecule has 1 amide bonds. The number of nitrogens with one attached hydrogen (secondary N) is 1. The number of benzene rings is 1. The third kappa shape index (κ3) is 5.91. The SMILES string of the molecule is CCCCN(C(=O)C(C)(C)Oc1ccc(Cl)cc1)c1c(N)n(CC(C)C)c(=O)[nH]c1=O. The molecule has 0 unspecified atom stereocenters. The minimum atomic E-state index is -1.31. The van der Waals surface area contributed by atoms with Crippen LogP contribution in [0.5, 0.6) is 5.75 Å². The molecule has 1 aromatic carbocycles. The van der Waals surface area contributed by atoms with Crippen molar-refractivity contribution in [2.24, 2.45) is 5.92 Å². The van der Waals surface area contributed by atoms with E-state index in [4.69, 9.17) is 22.1 Å². The Bertz CT molecular complexity index is 1030. The second-order valence-corrected chi connectivity index (χ2v) is 8.81. The predicted octanol–water partition coefficient (Wildman–Crippen LogP) is 3.42. The molecule has 0 aliphatic rings. The van der Waals surface area contributed by atoms with Crippen LogP contribution >= 0.6 is 11.6 Å². The maximum Gasteiger partial charge on any atom is 0.330 e. The van der Waals surface area contributed by atoms with Gasteiger partial charge in [0.2, 0.25) is 0 Å². The van der Waals surface area contributed by atoms with Gasteiger partial charge in [-0.25, -0.2) is 4.79 Å². The highest BCUT2D eigenvalue weighted by Gasteiger charge is 2.37. The molecule has 0 spiro atoms. The summed E-state index contributed by atoms with van der Waals surface area (Å²) < 4.78 is 7.22. The molecule has 0 aliphatic heterocycles. The summed E-state index contributed by atoms with van der Waals surface area (Å²) in [5.41, 5.74) is 3.61. The smallest absolute Gasteiger partial charge is 0.330 e. The maximum absolute atomic E-state index is 13.5. The van der Waals surface area contributed by atoms with E-state index in [9.17, 15) is 14.4 Å². The number of nitrogens with zero attached hydrogens (tertiary/aromatic N) is 2. The van der Waals surface area contributed by atoms with Crippen LogP contribution in [0.3, 0.4) is 0 Å². The second-order valence-electron chi connectivity index (χ2n) is 8.37. The molecule has 0 fully saturated rings. The number of aromatic amines is 1. The van der Waals surface area contributed by atoms with Crippen LogP contribution in [-0.2, 0) is 11.3 Å². The van der Waals surface area contributed by atoms with E-state index < -0.39 is 22.8 Å². The number of hydrogen-bond acceptors (Lipinski definition) is 5. The number of carbonyl (C=O) groups excluding carboxylic acids is 1. The first-order valence-electron chi connectivity index (χ1n) is 10.4. The van der Waals surface area contributed by atoms with Crippen LogP contribution in [-0.4, -0.2) is 27.6 Å². The molecule has 1 aromatic heterocycles. The second kappa shape index (κ2) is 10.0. The predicted molar refractivity (Wildman–Crippen MR) is 124 cm³/mol. The van der Waals surface area contributed by atoms with E-state index in [2.05, 4.69) is 4.98 Å². The normalized spacial score (nSPS) is 11.6. The van der Waals surface area contributed by atoms with Gasteiger partial charge in [-0.15, -0.1) is 0 Å². The molecule has 1 heterocycles. The van der Waals surface area contributed by atoms with Gasteiger partial charge >= 0.3 is 5.69 Å². The Balaban J connectivity index is 2.51. The zero-order valence-electron chi connectivity index (χ0n) is 18.7. The molecule has 0 saturated heterocycles. The quantitative estimate of drug-likeness (QED) is 0.608. The summed E-state index contributed by atoms with van der Waals surface area (Å²) in [6.45, 7) is 9.66. The van der Waals surface area contributed by atoms with E-state index in [1.54, 1.807) is 38.1 Å². The summed E-state index contributed by atoms with van der Waals surface area (Å²) in [6.07, 6.45) is 1.44. The lowest BCUT2D eigenvalue weighted by Gasteiger charge is -2.33. The number of rotatable bonds is 9. The summed E-state index contributed by atoms with van der Waals surface area (Å²) in [6, 6.07) is 6.66.